The maximum absolute atomic E-state index is 15.0. The van der Waals surface area contributed by atoms with Crippen molar-refractivity contribution in [3.8, 4) is 24.1 Å². The molecule has 5 unspecified atom stereocenters. The lowest BCUT2D eigenvalue weighted by atomic mass is 9.94. The van der Waals surface area contributed by atoms with Crippen molar-refractivity contribution in [2.45, 2.75) is 88.6 Å². The number of aromatic nitrogens is 2. The molecule has 66 heavy (non-hydrogen) atoms. The lowest BCUT2D eigenvalue weighted by Gasteiger charge is -2.42. The Morgan fingerprint density at radius 2 is 1.85 bits per heavy atom. The van der Waals surface area contributed by atoms with Crippen LogP contribution in [0.15, 0.2) is 71.7 Å². The van der Waals surface area contributed by atoms with Crippen LogP contribution in [0.5, 0.6) is 11.8 Å². The number of nitrogens with zero attached hydrogens (tertiary/aromatic N) is 7. The van der Waals surface area contributed by atoms with Crippen LogP contribution in [0, 0.1) is 28.3 Å². The van der Waals surface area contributed by atoms with Gasteiger partial charge in [0, 0.05) is 55.8 Å². The van der Waals surface area contributed by atoms with E-state index in [-0.39, 0.29) is 47.0 Å². The third kappa shape index (κ3) is 10.2. The molecular weight excluding hydrogens is 865 g/mol. The van der Waals surface area contributed by atoms with Crippen molar-refractivity contribution in [3.63, 3.8) is 0 Å². The van der Waals surface area contributed by atoms with Crippen molar-refractivity contribution in [3.05, 3.63) is 104 Å². The van der Waals surface area contributed by atoms with Crippen LogP contribution in [0.4, 0.5) is 20.7 Å². The summed E-state index contributed by atoms with van der Waals surface area (Å²) >= 11 is 0. The minimum atomic E-state index is -0.608. The third-order valence-electron chi connectivity index (χ3n) is 12.5. The number of rotatable bonds is 12. The number of anilines is 1. The average molecular weight is 920 g/mol. The second kappa shape index (κ2) is 20.0. The van der Waals surface area contributed by atoms with Gasteiger partial charge in [-0.25, -0.2) is 9.18 Å². The van der Waals surface area contributed by atoms with Crippen LogP contribution in [-0.4, -0.2) is 113 Å². The first-order chi connectivity index (χ1) is 31.6. The minimum absolute atomic E-state index is 0.0675. The normalized spacial score (nSPS) is 21.9. The first-order valence-electron chi connectivity index (χ1n) is 21.7. The zero-order chi connectivity index (χ0) is 47.3. The first kappa shape index (κ1) is 47.5. The average Bonchev–Trinajstić information content (AvgIpc) is 3.89. The Balaban J connectivity index is 0.000000517. The van der Waals surface area contributed by atoms with Gasteiger partial charge in [-0.3, -0.25) is 29.7 Å². The third-order valence-corrected chi connectivity index (χ3v) is 13.0. The Morgan fingerprint density at radius 3 is 2.48 bits per heavy atom. The molecule has 4 saturated heterocycles. The molecule has 5 atom stereocenters. The summed E-state index contributed by atoms with van der Waals surface area (Å²) in [7, 11) is 4.34. The Bertz CT molecular complexity index is 2690. The van der Waals surface area contributed by atoms with E-state index in [4.69, 9.17) is 35.3 Å². The van der Waals surface area contributed by atoms with Crippen LogP contribution in [0.2, 0.25) is 0 Å². The van der Waals surface area contributed by atoms with Gasteiger partial charge in [0.25, 0.3) is 12.2 Å². The van der Waals surface area contributed by atoms with Gasteiger partial charge in [-0.2, -0.15) is 9.97 Å². The van der Waals surface area contributed by atoms with Gasteiger partial charge in [-0.05, 0) is 94.1 Å². The van der Waals surface area contributed by atoms with Crippen LogP contribution in [0.1, 0.15) is 64.0 Å². The Morgan fingerprint density at radius 1 is 1.12 bits per heavy atom. The Kier molecular flexibility index (Phi) is 14.4. The first-order valence-corrected chi connectivity index (χ1v) is 22.3. The largest absolute Gasteiger partial charge is 0.497 e. The number of benzene rings is 3. The molecule has 17 heteroatoms. The number of non-ortho nitro benzene ring substituents is 1. The van der Waals surface area contributed by atoms with E-state index in [1.807, 2.05) is 43.9 Å². The number of methoxy groups -OCH3 is 1. The predicted octanol–water partition coefficient (Wildman–Crippen LogP) is 6.32. The van der Waals surface area contributed by atoms with Crippen LogP contribution in [-0.2, 0) is 20.7 Å². The fourth-order valence-corrected chi connectivity index (χ4v) is 10.1. The van der Waals surface area contributed by atoms with Gasteiger partial charge in [0.05, 0.1) is 45.8 Å². The van der Waals surface area contributed by atoms with Crippen molar-refractivity contribution in [2.24, 2.45) is 4.99 Å². The quantitative estimate of drug-likeness (QED) is 0.0296. The van der Waals surface area contributed by atoms with E-state index in [0.717, 1.165) is 53.9 Å². The number of nitro groups is 1. The molecule has 4 aromatic rings. The maximum Gasteiger partial charge on any atom is 0.410 e. The molecule has 1 amide bonds. The number of halogens is 1. The molecule has 0 N–H and O–H groups in total. The molecule has 4 fully saturated rings. The van der Waals surface area contributed by atoms with E-state index in [1.54, 1.807) is 24.4 Å². The van der Waals surface area contributed by atoms with Crippen molar-refractivity contribution >= 4 is 62.3 Å². The summed E-state index contributed by atoms with van der Waals surface area (Å²) in [6, 6.07) is 14.9. The van der Waals surface area contributed by atoms with Gasteiger partial charge < -0.3 is 23.8 Å². The van der Waals surface area contributed by atoms with Gasteiger partial charge in [-0.15, -0.1) is 15.7 Å². The van der Waals surface area contributed by atoms with Crippen molar-refractivity contribution in [1.82, 2.24) is 19.8 Å². The van der Waals surface area contributed by atoms with Crippen LogP contribution < -0.4 is 24.9 Å². The molecule has 346 valence electrons. The smallest absolute Gasteiger partial charge is 0.410 e. The SMILES string of the molecule is C#Cc1c(F)ccc2cccc(C/C(P)=c3/nc(OCC45CCC(COC=O)N4CC(=C)C5)nc(N4CC5CCC(C4)N5C(=O)OC(C)(C)C)/c3=C/N=C)c12.COc1ccc([N+](=O)[O-])cc1. The summed E-state index contributed by atoms with van der Waals surface area (Å²) < 4.78 is 37.4. The lowest BCUT2D eigenvalue weighted by molar-refractivity contribution is -0.384. The van der Waals surface area contributed by atoms with Crippen LogP contribution >= 0.6 is 9.24 Å². The summed E-state index contributed by atoms with van der Waals surface area (Å²) in [4.78, 5) is 54.8. The van der Waals surface area contributed by atoms with Crippen LogP contribution in [0.3, 0.4) is 0 Å². The number of carbonyl (C=O) groups excluding carboxylic acids is 2. The highest BCUT2D eigenvalue weighted by molar-refractivity contribution is 7.30. The number of piperazine rings is 1. The summed E-state index contributed by atoms with van der Waals surface area (Å²) in [5, 5.41) is 13.7. The number of aliphatic imine (C=N–C) groups is 1. The Hall–Kier alpha value is -6.43. The molecule has 5 heterocycles. The molecule has 2 bridgehead atoms. The van der Waals surface area contributed by atoms with Crippen molar-refractivity contribution in [1.29, 1.82) is 0 Å². The zero-order valence-electron chi connectivity index (χ0n) is 37.7. The van der Waals surface area contributed by atoms with Gasteiger partial charge in [0.1, 0.15) is 36.2 Å². The van der Waals surface area contributed by atoms with Crippen LogP contribution in [0.25, 0.3) is 22.3 Å². The molecule has 0 saturated carbocycles. The summed E-state index contributed by atoms with van der Waals surface area (Å²) in [6.45, 7) is 16.6. The maximum atomic E-state index is 15.0. The van der Waals surface area contributed by atoms with E-state index >= 15 is 0 Å². The summed E-state index contributed by atoms with van der Waals surface area (Å²) in [6.07, 6.45) is 11.7. The second-order valence-electron chi connectivity index (χ2n) is 18.0. The van der Waals surface area contributed by atoms with E-state index in [9.17, 15) is 24.1 Å². The van der Waals surface area contributed by atoms with E-state index in [0.29, 0.717) is 73.3 Å². The molecule has 0 radical (unpaired) electrons. The fourth-order valence-electron chi connectivity index (χ4n) is 9.70. The molecule has 0 aliphatic carbocycles. The number of terminal acetylenes is 1. The van der Waals surface area contributed by atoms with Crippen molar-refractivity contribution in [2.75, 3.05) is 44.9 Å². The molecule has 4 aliphatic heterocycles. The topological polar surface area (TPSA) is 162 Å². The molecule has 0 spiro atoms. The van der Waals surface area contributed by atoms with E-state index < -0.39 is 16.3 Å². The zero-order valence-corrected chi connectivity index (χ0v) is 38.9. The molecule has 1 aromatic heterocycles. The number of nitro benzene ring substituents is 1. The number of carbonyl (C=O) groups is 2. The standard InChI is InChI=1S/C42H48FN6O5P.C7H7NO3/c1-7-32-34(43)14-11-27-9-8-10-28(36(27)32)17-35(55)37-33(19-44-6)38(47-21-29-12-13-30(22-47)49(29)40(51)54-41(3,4)5)46-39(45-37)53-24-42-16-15-31(23-52-25-50)48(42)20-26(2)18-42;1-11-7-4-2-6(3-5-7)8(9)10/h1,8-11,14,19,25,29-31H,2,6,12-13,15-18,20-24,55H2,3-5H3;2-5H,1H3/b33-19+,37-35-;. The highest BCUT2D eigenvalue weighted by atomic mass is 31.0. The van der Waals surface area contributed by atoms with Gasteiger partial charge in [-0.1, -0.05) is 42.3 Å². The molecular formula is C49H55FN7O8P. The predicted molar refractivity (Wildman–Crippen MR) is 254 cm³/mol. The summed E-state index contributed by atoms with van der Waals surface area (Å²) in [5.41, 5.74) is 1.28. The molecule has 4 aliphatic rings. The molecule has 3 aromatic carbocycles. The van der Waals surface area contributed by atoms with E-state index in [2.05, 4.69) is 43.2 Å². The fraction of sp³-hybridized carbons (Fsp3) is 0.408. The van der Waals surface area contributed by atoms with Gasteiger partial charge >= 0.3 is 12.1 Å². The second-order valence-corrected chi connectivity index (χ2v) is 18.7. The molecule has 8 rings (SSSR count). The number of hydrogen-bond donors (Lipinski definition) is 0. The highest BCUT2D eigenvalue weighted by Gasteiger charge is 2.51. The monoisotopic (exact) mass is 919 g/mol. The highest BCUT2D eigenvalue weighted by Crippen LogP contribution is 2.44. The summed E-state index contributed by atoms with van der Waals surface area (Å²) in [5.74, 6) is 3.35. The molecule has 15 nitrogen and oxygen atoms in total. The van der Waals surface area contributed by atoms with Gasteiger partial charge in [0.15, 0.2) is 0 Å². The number of fused-ring (bicyclic) bond motifs is 4. The van der Waals surface area contributed by atoms with Gasteiger partial charge in [0.2, 0.25) is 0 Å². The lowest BCUT2D eigenvalue weighted by Crippen LogP contribution is -2.58. The number of ether oxygens (including phenoxy) is 4. The van der Waals surface area contributed by atoms with Crippen molar-refractivity contribution < 1.29 is 37.9 Å². The van der Waals surface area contributed by atoms with E-state index in [1.165, 1.54) is 25.3 Å². The number of hydrogen-bond acceptors (Lipinski definition) is 13. The Labute approximate surface area is 385 Å². The minimum Gasteiger partial charge on any atom is -0.497 e. The number of amides is 1.